The monoisotopic (exact) mass is 305 g/mol. The maximum Gasteiger partial charge on any atom is 0.230 e. The molecule has 0 saturated carbocycles. The first-order chi connectivity index (χ1) is 10.4. The van der Waals surface area contributed by atoms with E-state index in [0.717, 1.165) is 37.1 Å². The Morgan fingerprint density at radius 3 is 2.55 bits per heavy atom. The predicted octanol–water partition coefficient (Wildman–Crippen LogP) is 2.95. The van der Waals surface area contributed by atoms with Gasteiger partial charge < -0.3 is 14.7 Å². The van der Waals surface area contributed by atoms with E-state index in [1.54, 1.807) is 21.0 Å². The van der Waals surface area contributed by atoms with Gasteiger partial charge in [-0.05, 0) is 50.8 Å². The Morgan fingerprint density at radius 1 is 1.41 bits per heavy atom. The fourth-order valence-corrected chi connectivity index (χ4v) is 3.35. The summed E-state index contributed by atoms with van der Waals surface area (Å²) in [5, 5.41) is 10.3. The summed E-state index contributed by atoms with van der Waals surface area (Å²) in [7, 11) is 1.63. The lowest BCUT2D eigenvalue weighted by atomic mass is 9.92. The number of benzene rings is 1. The van der Waals surface area contributed by atoms with Crippen LogP contribution in [0.4, 0.5) is 0 Å². The fraction of sp³-hybridized carbons (Fsp3) is 0.611. The third-order valence-corrected chi connectivity index (χ3v) is 4.58. The highest BCUT2D eigenvalue weighted by Crippen LogP contribution is 2.32. The Hall–Kier alpha value is -1.55. The van der Waals surface area contributed by atoms with Crippen LogP contribution in [0.3, 0.4) is 0 Å². The molecule has 0 bridgehead atoms. The van der Waals surface area contributed by atoms with Crippen LogP contribution in [0.2, 0.25) is 0 Å². The van der Waals surface area contributed by atoms with E-state index in [4.69, 9.17) is 4.74 Å². The van der Waals surface area contributed by atoms with Gasteiger partial charge in [0.2, 0.25) is 5.91 Å². The van der Waals surface area contributed by atoms with Gasteiger partial charge in [-0.25, -0.2) is 0 Å². The zero-order valence-electron chi connectivity index (χ0n) is 14.0. The minimum absolute atomic E-state index is 0.0905. The second-order valence-electron chi connectivity index (χ2n) is 6.58. The molecule has 2 rings (SSSR count). The SMILES string of the molecule is CC[C@@H](C(=O)N1CCC[C@H]1C(C)(C)O)c1ccc(OC)cc1. The van der Waals surface area contributed by atoms with Gasteiger partial charge in [-0.3, -0.25) is 4.79 Å². The summed E-state index contributed by atoms with van der Waals surface area (Å²) in [4.78, 5) is 14.8. The third-order valence-electron chi connectivity index (χ3n) is 4.58. The number of hydrogen-bond donors (Lipinski definition) is 1. The number of rotatable bonds is 5. The number of aliphatic hydroxyl groups is 1. The largest absolute Gasteiger partial charge is 0.497 e. The first-order valence-corrected chi connectivity index (χ1v) is 8.05. The van der Waals surface area contributed by atoms with Crippen LogP contribution in [0, 0.1) is 0 Å². The van der Waals surface area contributed by atoms with Crippen molar-refractivity contribution in [2.24, 2.45) is 0 Å². The van der Waals surface area contributed by atoms with Crippen LogP contribution in [-0.2, 0) is 4.79 Å². The number of amides is 1. The van der Waals surface area contributed by atoms with Gasteiger partial charge in [0.1, 0.15) is 5.75 Å². The zero-order valence-corrected chi connectivity index (χ0v) is 14.0. The average Bonchev–Trinajstić information content (AvgIpc) is 2.98. The van der Waals surface area contributed by atoms with Gasteiger partial charge in [0, 0.05) is 6.54 Å². The molecule has 0 aliphatic carbocycles. The van der Waals surface area contributed by atoms with E-state index < -0.39 is 5.60 Å². The molecule has 122 valence electrons. The molecule has 1 aromatic carbocycles. The summed E-state index contributed by atoms with van der Waals surface area (Å²) in [5.41, 5.74) is 0.152. The molecule has 4 nitrogen and oxygen atoms in total. The van der Waals surface area contributed by atoms with E-state index >= 15 is 0 Å². The summed E-state index contributed by atoms with van der Waals surface area (Å²) in [5.74, 6) is 0.757. The number of nitrogens with zero attached hydrogens (tertiary/aromatic N) is 1. The minimum Gasteiger partial charge on any atom is -0.497 e. The lowest BCUT2D eigenvalue weighted by Gasteiger charge is -2.35. The molecule has 4 heteroatoms. The zero-order chi connectivity index (χ0) is 16.3. The molecule has 0 spiro atoms. The highest BCUT2D eigenvalue weighted by Gasteiger charge is 2.40. The van der Waals surface area contributed by atoms with Crippen molar-refractivity contribution < 1.29 is 14.6 Å². The standard InChI is InChI=1S/C18H27NO3/c1-5-15(13-8-10-14(22-4)11-9-13)17(20)19-12-6-7-16(19)18(2,3)21/h8-11,15-16,21H,5-7,12H2,1-4H3/t15-,16+/m1/s1. The van der Waals surface area contributed by atoms with Crippen LogP contribution < -0.4 is 4.74 Å². The highest BCUT2D eigenvalue weighted by molar-refractivity contribution is 5.84. The third kappa shape index (κ3) is 3.43. The lowest BCUT2D eigenvalue weighted by Crippen LogP contribution is -2.49. The van der Waals surface area contributed by atoms with Crippen molar-refractivity contribution in [3.05, 3.63) is 29.8 Å². The molecule has 1 aromatic rings. The normalized spacial score (nSPS) is 20.0. The van der Waals surface area contributed by atoms with E-state index in [2.05, 4.69) is 0 Å². The Bertz CT molecular complexity index is 504. The molecular formula is C18H27NO3. The van der Waals surface area contributed by atoms with Gasteiger partial charge in [-0.15, -0.1) is 0 Å². The second-order valence-corrected chi connectivity index (χ2v) is 6.58. The molecule has 22 heavy (non-hydrogen) atoms. The molecule has 0 radical (unpaired) electrons. The second kappa shape index (κ2) is 6.69. The fourth-order valence-electron chi connectivity index (χ4n) is 3.35. The van der Waals surface area contributed by atoms with Crippen molar-refractivity contribution in [1.82, 2.24) is 4.90 Å². The van der Waals surface area contributed by atoms with Crippen molar-refractivity contribution in [2.45, 2.75) is 57.6 Å². The van der Waals surface area contributed by atoms with Crippen molar-refractivity contribution in [2.75, 3.05) is 13.7 Å². The molecule has 1 N–H and O–H groups in total. The van der Waals surface area contributed by atoms with Gasteiger partial charge in [0.25, 0.3) is 0 Å². The maximum atomic E-state index is 13.0. The molecule has 0 unspecified atom stereocenters. The Balaban J connectivity index is 2.20. The maximum absolute atomic E-state index is 13.0. The van der Waals surface area contributed by atoms with E-state index in [1.807, 2.05) is 36.1 Å². The van der Waals surface area contributed by atoms with Gasteiger partial charge in [-0.2, -0.15) is 0 Å². The summed E-state index contributed by atoms with van der Waals surface area (Å²) in [6.45, 7) is 6.34. The summed E-state index contributed by atoms with van der Waals surface area (Å²) >= 11 is 0. The van der Waals surface area contributed by atoms with E-state index in [0.29, 0.717) is 0 Å². The van der Waals surface area contributed by atoms with Gasteiger partial charge >= 0.3 is 0 Å². The summed E-state index contributed by atoms with van der Waals surface area (Å²) in [6.07, 6.45) is 2.58. The molecule has 1 aliphatic rings. The summed E-state index contributed by atoms with van der Waals surface area (Å²) < 4.78 is 5.18. The molecule has 0 aromatic heterocycles. The first kappa shape index (κ1) is 16.8. The molecule has 1 heterocycles. The Morgan fingerprint density at radius 2 is 2.05 bits per heavy atom. The van der Waals surface area contributed by atoms with E-state index in [1.165, 1.54) is 0 Å². The van der Waals surface area contributed by atoms with Crippen LogP contribution in [0.25, 0.3) is 0 Å². The molecule has 1 saturated heterocycles. The number of ether oxygens (including phenoxy) is 1. The molecule has 1 amide bonds. The topological polar surface area (TPSA) is 49.8 Å². The summed E-state index contributed by atoms with van der Waals surface area (Å²) in [6, 6.07) is 7.61. The average molecular weight is 305 g/mol. The molecule has 1 aliphatic heterocycles. The van der Waals surface area contributed by atoms with Gasteiger partial charge in [0.15, 0.2) is 0 Å². The van der Waals surface area contributed by atoms with Crippen molar-refractivity contribution in [1.29, 1.82) is 0 Å². The first-order valence-electron chi connectivity index (χ1n) is 8.05. The number of carbonyl (C=O) groups is 1. The highest BCUT2D eigenvalue weighted by atomic mass is 16.5. The lowest BCUT2D eigenvalue weighted by molar-refractivity contribution is -0.138. The van der Waals surface area contributed by atoms with E-state index in [9.17, 15) is 9.90 Å². The van der Waals surface area contributed by atoms with Crippen LogP contribution >= 0.6 is 0 Å². The minimum atomic E-state index is -0.857. The van der Waals surface area contributed by atoms with E-state index in [-0.39, 0.29) is 17.9 Å². The molecule has 1 fully saturated rings. The van der Waals surface area contributed by atoms with Crippen molar-refractivity contribution in [3.63, 3.8) is 0 Å². The Kier molecular flexibility index (Phi) is 5.12. The number of methoxy groups -OCH3 is 1. The Labute approximate surface area is 133 Å². The van der Waals surface area contributed by atoms with Gasteiger partial charge in [0.05, 0.1) is 24.7 Å². The number of likely N-dealkylation sites (tertiary alicyclic amines) is 1. The van der Waals surface area contributed by atoms with Crippen molar-refractivity contribution in [3.8, 4) is 5.75 Å². The van der Waals surface area contributed by atoms with Crippen LogP contribution in [0.15, 0.2) is 24.3 Å². The number of hydrogen-bond acceptors (Lipinski definition) is 3. The van der Waals surface area contributed by atoms with Crippen molar-refractivity contribution >= 4 is 5.91 Å². The van der Waals surface area contributed by atoms with Crippen LogP contribution in [-0.4, -0.2) is 41.2 Å². The smallest absolute Gasteiger partial charge is 0.230 e. The molecule has 2 atom stereocenters. The molecular weight excluding hydrogens is 278 g/mol. The van der Waals surface area contributed by atoms with Gasteiger partial charge in [-0.1, -0.05) is 19.1 Å². The predicted molar refractivity (Wildman–Crippen MR) is 87.1 cm³/mol. The number of carbonyl (C=O) groups excluding carboxylic acids is 1. The quantitative estimate of drug-likeness (QED) is 0.910. The van der Waals surface area contributed by atoms with Crippen LogP contribution in [0.1, 0.15) is 51.5 Å². The van der Waals surface area contributed by atoms with Crippen LogP contribution in [0.5, 0.6) is 5.75 Å².